The van der Waals surface area contributed by atoms with Gasteiger partial charge in [0, 0.05) is 26.2 Å². The van der Waals surface area contributed by atoms with Crippen molar-refractivity contribution >= 4 is 5.91 Å². The maximum absolute atomic E-state index is 11.4. The molecule has 3 N–H and O–H groups in total. The molecule has 0 bridgehead atoms. The Bertz CT molecular complexity index is 241. The van der Waals surface area contributed by atoms with E-state index in [1.54, 1.807) is 0 Å². The SMILES string of the molecule is C#CCC(N)C(=O)NCC1CCOCC1. The molecule has 1 atom stereocenters. The average Bonchev–Trinajstić information content (AvgIpc) is 2.27. The predicted molar refractivity (Wildman–Crippen MR) is 58.0 cm³/mol. The molecule has 4 nitrogen and oxygen atoms in total. The maximum Gasteiger partial charge on any atom is 0.237 e. The smallest absolute Gasteiger partial charge is 0.237 e. The Labute approximate surface area is 90.5 Å². The number of hydrogen-bond donors (Lipinski definition) is 2. The molecule has 1 fully saturated rings. The minimum atomic E-state index is -0.574. The van der Waals surface area contributed by atoms with Crippen LogP contribution in [0.5, 0.6) is 0 Å². The molecule has 0 aromatic rings. The maximum atomic E-state index is 11.4. The summed E-state index contributed by atoms with van der Waals surface area (Å²) in [6.45, 7) is 2.26. The quantitative estimate of drug-likeness (QED) is 0.636. The molecular formula is C11H18N2O2. The molecular weight excluding hydrogens is 192 g/mol. The van der Waals surface area contributed by atoms with Gasteiger partial charge in [0.2, 0.25) is 5.91 Å². The van der Waals surface area contributed by atoms with Gasteiger partial charge in [0.1, 0.15) is 0 Å². The molecule has 1 rings (SSSR count). The molecule has 0 aliphatic carbocycles. The molecule has 1 aliphatic heterocycles. The molecule has 0 aromatic carbocycles. The highest BCUT2D eigenvalue weighted by Crippen LogP contribution is 2.13. The fourth-order valence-electron chi connectivity index (χ4n) is 1.55. The molecule has 1 amide bonds. The van der Waals surface area contributed by atoms with E-state index in [1.165, 1.54) is 0 Å². The summed E-state index contributed by atoms with van der Waals surface area (Å²) in [5.74, 6) is 2.74. The Hall–Kier alpha value is -1.05. The Morgan fingerprint density at radius 1 is 1.60 bits per heavy atom. The Morgan fingerprint density at radius 3 is 2.87 bits per heavy atom. The second-order valence-corrected chi connectivity index (χ2v) is 3.82. The van der Waals surface area contributed by atoms with Crippen LogP contribution in [0.4, 0.5) is 0 Å². The van der Waals surface area contributed by atoms with E-state index >= 15 is 0 Å². The van der Waals surface area contributed by atoms with Gasteiger partial charge in [0.15, 0.2) is 0 Å². The highest BCUT2D eigenvalue weighted by Gasteiger charge is 2.16. The van der Waals surface area contributed by atoms with Crippen molar-refractivity contribution in [3.8, 4) is 12.3 Å². The number of rotatable bonds is 4. The molecule has 0 spiro atoms. The first kappa shape index (κ1) is 12.0. The Morgan fingerprint density at radius 2 is 2.27 bits per heavy atom. The van der Waals surface area contributed by atoms with Crippen LogP contribution < -0.4 is 11.1 Å². The fraction of sp³-hybridized carbons (Fsp3) is 0.727. The van der Waals surface area contributed by atoms with Crippen LogP contribution >= 0.6 is 0 Å². The molecule has 84 valence electrons. The molecule has 1 aliphatic rings. The van der Waals surface area contributed by atoms with E-state index in [9.17, 15) is 4.79 Å². The molecule has 1 saturated heterocycles. The Kier molecular flexibility index (Phi) is 5.16. The van der Waals surface area contributed by atoms with Gasteiger partial charge in [0.25, 0.3) is 0 Å². The number of hydrogen-bond acceptors (Lipinski definition) is 3. The van der Waals surface area contributed by atoms with Gasteiger partial charge >= 0.3 is 0 Å². The lowest BCUT2D eigenvalue weighted by Gasteiger charge is -2.22. The van der Waals surface area contributed by atoms with Crippen molar-refractivity contribution < 1.29 is 9.53 Å². The third-order valence-corrected chi connectivity index (χ3v) is 2.58. The molecule has 0 saturated carbocycles. The van der Waals surface area contributed by atoms with E-state index in [-0.39, 0.29) is 5.91 Å². The van der Waals surface area contributed by atoms with Crippen LogP contribution in [0, 0.1) is 18.3 Å². The number of nitrogens with one attached hydrogen (secondary N) is 1. The lowest BCUT2D eigenvalue weighted by molar-refractivity contribution is -0.122. The first-order valence-electron chi connectivity index (χ1n) is 5.28. The predicted octanol–water partition coefficient (Wildman–Crippen LogP) is -0.120. The highest BCUT2D eigenvalue weighted by atomic mass is 16.5. The zero-order chi connectivity index (χ0) is 11.1. The number of terminal acetylenes is 1. The van der Waals surface area contributed by atoms with Crippen molar-refractivity contribution in [1.29, 1.82) is 0 Å². The fourth-order valence-corrected chi connectivity index (χ4v) is 1.55. The second kappa shape index (κ2) is 6.44. The normalized spacial score (nSPS) is 19.2. The molecule has 15 heavy (non-hydrogen) atoms. The zero-order valence-corrected chi connectivity index (χ0v) is 8.87. The van der Waals surface area contributed by atoms with Crippen LogP contribution in [0.3, 0.4) is 0 Å². The van der Waals surface area contributed by atoms with E-state index in [1.807, 2.05) is 0 Å². The van der Waals surface area contributed by atoms with Crippen LogP contribution in [0.2, 0.25) is 0 Å². The van der Waals surface area contributed by atoms with Gasteiger partial charge in [-0.1, -0.05) is 0 Å². The van der Waals surface area contributed by atoms with Gasteiger partial charge in [0.05, 0.1) is 6.04 Å². The lowest BCUT2D eigenvalue weighted by atomic mass is 10.0. The largest absolute Gasteiger partial charge is 0.381 e. The van der Waals surface area contributed by atoms with Crippen LogP contribution in [0.15, 0.2) is 0 Å². The summed E-state index contributed by atoms with van der Waals surface area (Å²) in [4.78, 5) is 11.4. The van der Waals surface area contributed by atoms with Gasteiger partial charge in [-0.2, -0.15) is 0 Å². The third kappa shape index (κ3) is 4.32. The van der Waals surface area contributed by atoms with E-state index < -0.39 is 6.04 Å². The molecule has 4 heteroatoms. The van der Waals surface area contributed by atoms with Crippen molar-refractivity contribution in [2.45, 2.75) is 25.3 Å². The summed E-state index contributed by atoms with van der Waals surface area (Å²) in [7, 11) is 0. The second-order valence-electron chi connectivity index (χ2n) is 3.82. The average molecular weight is 210 g/mol. The van der Waals surface area contributed by atoms with Gasteiger partial charge in [-0.25, -0.2) is 0 Å². The zero-order valence-electron chi connectivity index (χ0n) is 8.87. The van der Waals surface area contributed by atoms with E-state index in [0.29, 0.717) is 18.9 Å². The summed E-state index contributed by atoms with van der Waals surface area (Å²) in [5, 5.41) is 2.82. The molecule has 0 aromatic heterocycles. The Balaban J connectivity index is 2.18. The van der Waals surface area contributed by atoms with Crippen LogP contribution in [-0.2, 0) is 9.53 Å². The van der Waals surface area contributed by atoms with E-state index in [2.05, 4.69) is 11.2 Å². The number of carbonyl (C=O) groups excluding carboxylic acids is 1. The number of ether oxygens (including phenoxy) is 1. The van der Waals surface area contributed by atoms with Crippen LogP contribution in [-0.4, -0.2) is 31.7 Å². The lowest BCUT2D eigenvalue weighted by Crippen LogP contribution is -2.42. The third-order valence-electron chi connectivity index (χ3n) is 2.58. The van der Waals surface area contributed by atoms with Gasteiger partial charge in [-0.05, 0) is 18.8 Å². The number of nitrogens with two attached hydrogens (primary N) is 1. The summed E-state index contributed by atoms with van der Waals surface area (Å²) in [5.41, 5.74) is 5.56. The molecule has 1 unspecified atom stereocenters. The summed E-state index contributed by atoms with van der Waals surface area (Å²) in [6, 6.07) is -0.574. The first-order chi connectivity index (χ1) is 7.24. The molecule has 1 heterocycles. The van der Waals surface area contributed by atoms with Crippen LogP contribution in [0.1, 0.15) is 19.3 Å². The minimum Gasteiger partial charge on any atom is -0.381 e. The van der Waals surface area contributed by atoms with Gasteiger partial charge in [-0.15, -0.1) is 12.3 Å². The summed E-state index contributed by atoms with van der Waals surface area (Å²) < 4.78 is 5.23. The summed E-state index contributed by atoms with van der Waals surface area (Å²) in [6.07, 6.45) is 7.38. The standard InChI is InChI=1S/C11H18N2O2/c1-2-3-10(12)11(14)13-8-9-4-6-15-7-5-9/h1,9-10H,3-8,12H2,(H,13,14). The van der Waals surface area contributed by atoms with Crippen molar-refractivity contribution in [3.63, 3.8) is 0 Å². The topological polar surface area (TPSA) is 64.4 Å². The summed E-state index contributed by atoms with van der Waals surface area (Å²) >= 11 is 0. The monoisotopic (exact) mass is 210 g/mol. The number of carbonyl (C=O) groups is 1. The minimum absolute atomic E-state index is 0.153. The first-order valence-corrected chi connectivity index (χ1v) is 5.28. The highest BCUT2D eigenvalue weighted by molar-refractivity contribution is 5.81. The van der Waals surface area contributed by atoms with Crippen LogP contribution in [0.25, 0.3) is 0 Å². The van der Waals surface area contributed by atoms with Crippen molar-refractivity contribution in [3.05, 3.63) is 0 Å². The van der Waals surface area contributed by atoms with Crippen molar-refractivity contribution in [1.82, 2.24) is 5.32 Å². The van der Waals surface area contributed by atoms with E-state index in [4.69, 9.17) is 16.9 Å². The molecule has 0 radical (unpaired) electrons. The van der Waals surface area contributed by atoms with Crippen molar-refractivity contribution in [2.75, 3.05) is 19.8 Å². The number of amides is 1. The van der Waals surface area contributed by atoms with Gasteiger partial charge in [-0.3, -0.25) is 4.79 Å². The van der Waals surface area contributed by atoms with Crippen molar-refractivity contribution in [2.24, 2.45) is 11.7 Å². The van der Waals surface area contributed by atoms with Gasteiger partial charge < -0.3 is 15.8 Å². The van der Waals surface area contributed by atoms with E-state index in [0.717, 1.165) is 26.1 Å².